The van der Waals surface area contributed by atoms with Crippen LogP contribution in [0.1, 0.15) is 32.3 Å². The molecule has 0 fully saturated rings. The number of ether oxygens (including phenoxy) is 1. The normalized spacial score (nSPS) is 13.4. The maximum absolute atomic E-state index is 12.7. The van der Waals surface area contributed by atoms with Crippen molar-refractivity contribution in [3.8, 4) is 5.75 Å². The molecule has 1 N–H and O–H groups in total. The Labute approximate surface area is 127 Å². The summed E-state index contributed by atoms with van der Waals surface area (Å²) in [5.41, 5.74) is 0.576. The first-order valence-corrected chi connectivity index (χ1v) is 8.58. The third-order valence-corrected chi connectivity index (χ3v) is 5.71. The molecule has 5 nitrogen and oxygen atoms in total. The zero-order valence-electron chi connectivity index (χ0n) is 13.2. The molecule has 1 aromatic carbocycles. The molecule has 0 aliphatic heterocycles. The van der Waals surface area contributed by atoms with Gasteiger partial charge in [-0.25, -0.2) is 8.42 Å². The van der Waals surface area contributed by atoms with Gasteiger partial charge in [-0.15, -0.1) is 0 Å². The molecule has 0 heterocycles. The van der Waals surface area contributed by atoms with Gasteiger partial charge in [0.05, 0.1) is 12.0 Å². The molecule has 0 saturated heterocycles. The first kappa shape index (κ1) is 17.9. The van der Waals surface area contributed by atoms with Gasteiger partial charge in [-0.1, -0.05) is 13.3 Å². The number of methoxy groups -OCH3 is 1. The molecule has 0 radical (unpaired) electrons. The van der Waals surface area contributed by atoms with Crippen LogP contribution in [-0.4, -0.2) is 44.6 Å². The maximum atomic E-state index is 12.7. The second-order valence-electron chi connectivity index (χ2n) is 5.11. The molecule has 0 bridgehead atoms. The Hall–Kier alpha value is -1.11. The first-order valence-electron chi connectivity index (χ1n) is 7.14. The van der Waals surface area contributed by atoms with Crippen LogP contribution in [0, 0.1) is 0 Å². The van der Waals surface area contributed by atoms with E-state index >= 15 is 0 Å². The van der Waals surface area contributed by atoms with Crippen molar-refractivity contribution in [2.24, 2.45) is 0 Å². The van der Waals surface area contributed by atoms with Crippen LogP contribution in [-0.2, 0) is 16.4 Å². The Morgan fingerprint density at radius 1 is 1.38 bits per heavy atom. The Kier molecular flexibility index (Phi) is 6.64. The van der Waals surface area contributed by atoms with Crippen LogP contribution in [0.5, 0.6) is 5.75 Å². The van der Waals surface area contributed by atoms with E-state index < -0.39 is 10.0 Å². The van der Waals surface area contributed by atoms with Gasteiger partial charge >= 0.3 is 0 Å². The van der Waals surface area contributed by atoms with Crippen molar-refractivity contribution in [2.75, 3.05) is 20.8 Å². The summed E-state index contributed by atoms with van der Waals surface area (Å²) in [6.45, 7) is 3.82. The Morgan fingerprint density at radius 3 is 2.57 bits per heavy atom. The van der Waals surface area contributed by atoms with E-state index in [0.717, 1.165) is 12.8 Å². The van der Waals surface area contributed by atoms with Gasteiger partial charge < -0.3 is 9.84 Å². The summed E-state index contributed by atoms with van der Waals surface area (Å²) in [6, 6.07) is 4.78. The van der Waals surface area contributed by atoms with E-state index in [9.17, 15) is 8.42 Å². The smallest absolute Gasteiger partial charge is 0.243 e. The average Bonchev–Trinajstić information content (AvgIpc) is 2.46. The number of aliphatic hydroxyl groups excluding tert-OH is 1. The summed E-state index contributed by atoms with van der Waals surface area (Å²) in [6.07, 6.45) is 2.01. The van der Waals surface area contributed by atoms with Gasteiger partial charge in [0.1, 0.15) is 5.75 Å². The van der Waals surface area contributed by atoms with E-state index in [1.807, 2.05) is 13.8 Å². The quantitative estimate of drug-likeness (QED) is 0.797. The van der Waals surface area contributed by atoms with Gasteiger partial charge in [-0.2, -0.15) is 4.31 Å². The van der Waals surface area contributed by atoms with Crippen molar-refractivity contribution in [1.29, 1.82) is 0 Å². The van der Waals surface area contributed by atoms with Gasteiger partial charge in [0.2, 0.25) is 10.0 Å². The number of benzene rings is 1. The number of aliphatic hydroxyl groups is 1. The highest BCUT2D eigenvalue weighted by Crippen LogP contribution is 2.26. The summed E-state index contributed by atoms with van der Waals surface area (Å²) in [5.74, 6) is 0.585. The summed E-state index contributed by atoms with van der Waals surface area (Å²) in [4.78, 5) is 0.239. The van der Waals surface area contributed by atoms with Gasteiger partial charge in [0, 0.05) is 19.7 Å². The lowest BCUT2D eigenvalue weighted by atomic mass is 10.1. The highest BCUT2D eigenvalue weighted by molar-refractivity contribution is 7.89. The van der Waals surface area contributed by atoms with Crippen LogP contribution in [0.3, 0.4) is 0 Å². The molecule has 1 atom stereocenters. The van der Waals surface area contributed by atoms with Crippen molar-refractivity contribution in [1.82, 2.24) is 4.31 Å². The van der Waals surface area contributed by atoms with E-state index in [2.05, 4.69) is 0 Å². The second-order valence-corrected chi connectivity index (χ2v) is 7.07. The van der Waals surface area contributed by atoms with Crippen molar-refractivity contribution in [2.45, 2.75) is 44.0 Å². The lowest BCUT2D eigenvalue weighted by Crippen LogP contribution is -2.35. The molecular weight excluding hydrogens is 290 g/mol. The zero-order valence-corrected chi connectivity index (χ0v) is 14.0. The topological polar surface area (TPSA) is 66.8 Å². The summed E-state index contributed by atoms with van der Waals surface area (Å²) in [5, 5.41) is 9.16. The molecule has 0 aromatic heterocycles. The van der Waals surface area contributed by atoms with Crippen LogP contribution in [0.25, 0.3) is 0 Å². The number of rotatable bonds is 8. The third-order valence-electron chi connectivity index (χ3n) is 3.63. The van der Waals surface area contributed by atoms with Gasteiger partial charge in [0.25, 0.3) is 0 Å². The minimum atomic E-state index is -3.57. The average molecular weight is 315 g/mol. The Bertz CT molecular complexity index is 557. The number of hydrogen-bond donors (Lipinski definition) is 1. The van der Waals surface area contributed by atoms with Gasteiger partial charge in [-0.3, -0.25) is 0 Å². The summed E-state index contributed by atoms with van der Waals surface area (Å²) >= 11 is 0. The second kappa shape index (κ2) is 7.77. The molecule has 0 aliphatic carbocycles. The molecule has 21 heavy (non-hydrogen) atoms. The molecule has 1 rings (SSSR count). The van der Waals surface area contributed by atoms with E-state index in [1.165, 1.54) is 11.4 Å². The summed E-state index contributed by atoms with van der Waals surface area (Å²) in [7, 11) is -0.442. The third kappa shape index (κ3) is 4.18. The first-order chi connectivity index (χ1) is 9.88. The van der Waals surface area contributed by atoms with Gasteiger partial charge in [0.15, 0.2) is 0 Å². The number of hydrogen-bond acceptors (Lipinski definition) is 4. The van der Waals surface area contributed by atoms with Crippen LogP contribution < -0.4 is 4.74 Å². The van der Waals surface area contributed by atoms with Crippen molar-refractivity contribution in [3.05, 3.63) is 23.8 Å². The largest absolute Gasteiger partial charge is 0.497 e. The summed E-state index contributed by atoms with van der Waals surface area (Å²) < 4.78 is 32.0. The van der Waals surface area contributed by atoms with E-state index in [1.54, 1.807) is 25.2 Å². The van der Waals surface area contributed by atoms with E-state index in [0.29, 0.717) is 11.3 Å². The molecule has 120 valence electrons. The van der Waals surface area contributed by atoms with E-state index in [4.69, 9.17) is 9.84 Å². The molecular formula is C15H25NO4S. The lowest BCUT2D eigenvalue weighted by molar-refractivity contribution is 0.298. The molecule has 0 amide bonds. The fourth-order valence-electron chi connectivity index (χ4n) is 2.24. The minimum absolute atomic E-state index is 0.0657. The number of nitrogens with zero attached hydrogens (tertiary/aromatic N) is 1. The SMILES string of the molecule is CCCC(C)N(C)S(=O)(=O)c1ccc(OC)cc1CCO. The standard InChI is InChI=1S/C15H25NO4S/c1-5-6-12(2)16(3)21(18,19)15-8-7-14(20-4)11-13(15)9-10-17/h7-8,11-12,17H,5-6,9-10H2,1-4H3. The highest BCUT2D eigenvalue weighted by atomic mass is 32.2. The molecule has 6 heteroatoms. The zero-order chi connectivity index (χ0) is 16.0. The van der Waals surface area contributed by atoms with Crippen LogP contribution in [0.2, 0.25) is 0 Å². The van der Waals surface area contributed by atoms with E-state index in [-0.39, 0.29) is 24.0 Å². The fraction of sp³-hybridized carbons (Fsp3) is 0.600. The molecule has 1 unspecified atom stereocenters. The molecule has 0 saturated carbocycles. The van der Waals surface area contributed by atoms with Crippen molar-refractivity contribution < 1.29 is 18.3 Å². The molecule has 0 spiro atoms. The maximum Gasteiger partial charge on any atom is 0.243 e. The predicted molar refractivity (Wildman–Crippen MR) is 83.1 cm³/mol. The Balaban J connectivity index is 3.23. The number of sulfonamides is 1. The minimum Gasteiger partial charge on any atom is -0.497 e. The van der Waals surface area contributed by atoms with Crippen LogP contribution in [0.4, 0.5) is 0 Å². The Morgan fingerprint density at radius 2 is 2.05 bits per heavy atom. The fourth-order valence-corrected chi connectivity index (χ4v) is 3.86. The van der Waals surface area contributed by atoms with Crippen molar-refractivity contribution in [3.63, 3.8) is 0 Å². The monoisotopic (exact) mass is 315 g/mol. The van der Waals surface area contributed by atoms with Crippen LogP contribution in [0.15, 0.2) is 23.1 Å². The molecule has 1 aromatic rings. The van der Waals surface area contributed by atoms with Gasteiger partial charge in [-0.05, 0) is 43.5 Å². The van der Waals surface area contributed by atoms with Crippen molar-refractivity contribution >= 4 is 10.0 Å². The molecule has 0 aliphatic rings. The predicted octanol–water partition coefficient (Wildman–Crippen LogP) is 2.04. The van der Waals surface area contributed by atoms with Crippen LogP contribution >= 0.6 is 0 Å². The lowest BCUT2D eigenvalue weighted by Gasteiger charge is -2.25. The highest BCUT2D eigenvalue weighted by Gasteiger charge is 2.27.